The van der Waals surface area contributed by atoms with Crippen molar-refractivity contribution >= 4 is 12.3 Å². The molecule has 0 aromatic carbocycles. The molecule has 0 aromatic rings. The molecule has 0 aliphatic carbocycles. The molecule has 7 N–H and O–H groups in total. The predicted octanol–water partition coefficient (Wildman–Crippen LogP) is 0.546. The van der Waals surface area contributed by atoms with E-state index in [4.69, 9.17) is 45.5 Å². The lowest BCUT2D eigenvalue weighted by molar-refractivity contribution is -0.269. The second-order valence-corrected chi connectivity index (χ2v) is 1.72. The maximum absolute atomic E-state index is 8.56. The first-order valence-electron chi connectivity index (χ1n) is 3.77. The average molecular weight is 264 g/mol. The first-order valence-corrected chi connectivity index (χ1v) is 3.77. The average Bonchev–Trinajstić information content (AvgIpc) is 2.22. The molecule has 0 aliphatic heterocycles. The molecule has 0 fully saturated rings. The van der Waals surface area contributed by atoms with Crippen molar-refractivity contribution in [2.75, 3.05) is 14.2 Å². The van der Waals surface area contributed by atoms with Gasteiger partial charge in [-0.3, -0.25) is 5.26 Å². The Kier molecular flexibility index (Phi) is 63.7. The Morgan fingerprint density at radius 1 is 0.824 bits per heavy atom. The second kappa shape index (κ2) is 36.7. The summed E-state index contributed by atoms with van der Waals surface area (Å²) in [7, 11) is 2.00. The molecule has 108 valence electrons. The van der Waals surface area contributed by atoms with E-state index < -0.39 is 12.3 Å². The fourth-order valence-corrected chi connectivity index (χ4v) is 0. The lowest BCUT2D eigenvalue weighted by Gasteiger charge is -1.91. The predicted molar refractivity (Wildman–Crippen MR) is 56.4 cm³/mol. The van der Waals surface area contributed by atoms with Gasteiger partial charge in [0.2, 0.25) is 0 Å². The highest BCUT2D eigenvalue weighted by atomic mass is 17.1. The minimum absolute atomic E-state index is 0.0602. The van der Waals surface area contributed by atoms with Crippen molar-refractivity contribution in [1.82, 2.24) is 0 Å². The van der Waals surface area contributed by atoms with E-state index in [1.54, 1.807) is 13.8 Å². The van der Waals surface area contributed by atoms with Gasteiger partial charge in [0, 0.05) is 14.2 Å². The van der Waals surface area contributed by atoms with Crippen molar-refractivity contribution in [3.05, 3.63) is 0 Å². The Balaban J connectivity index is -0.0000000371. The van der Waals surface area contributed by atoms with E-state index in [2.05, 4.69) is 4.89 Å². The van der Waals surface area contributed by atoms with Crippen molar-refractivity contribution in [3.8, 4) is 0 Å². The van der Waals surface area contributed by atoms with Gasteiger partial charge in [-0.05, 0) is 13.8 Å². The molecule has 0 saturated heterocycles. The van der Waals surface area contributed by atoms with Gasteiger partial charge in [0.15, 0.2) is 0 Å². The Bertz CT molecular complexity index is 115. The molecule has 0 aromatic heterocycles. The van der Waals surface area contributed by atoms with Crippen molar-refractivity contribution in [2.45, 2.75) is 20.0 Å². The van der Waals surface area contributed by atoms with Crippen LogP contribution in [0.4, 0.5) is 9.59 Å². The van der Waals surface area contributed by atoms with Gasteiger partial charge in [0.25, 0.3) is 0 Å². The lowest BCUT2D eigenvalue weighted by atomic mass is 10.5. The van der Waals surface area contributed by atoms with Crippen LogP contribution in [0.15, 0.2) is 0 Å². The van der Waals surface area contributed by atoms with Crippen molar-refractivity contribution in [3.63, 3.8) is 0 Å². The molecule has 0 atom stereocenters. The zero-order chi connectivity index (χ0) is 15.4. The zero-order valence-corrected chi connectivity index (χ0v) is 9.93. The number of rotatable bonds is 1. The number of aliphatic hydroxyl groups excluding tert-OH is 2. The largest absolute Gasteiger partial charge is 0.503 e. The molecule has 0 saturated carbocycles. The van der Waals surface area contributed by atoms with Crippen molar-refractivity contribution in [2.24, 2.45) is 0 Å². The van der Waals surface area contributed by atoms with E-state index in [1.165, 1.54) is 0 Å². The molecular formula is C7H20O10. The molecule has 17 heavy (non-hydrogen) atoms. The Morgan fingerprint density at radius 3 is 0.882 bits per heavy atom. The maximum atomic E-state index is 8.56. The van der Waals surface area contributed by atoms with Crippen LogP contribution in [0.1, 0.15) is 13.8 Å². The van der Waals surface area contributed by atoms with Crippen molar-refractivity contribution < 1.29 is 50.4 Å². The number of carbonyl (C=O) groups is 2. The van der Waals surface area contributed by atoms with Gasteiger partial charge in [0.1, 0.15) is 0 Å². The summed E-state index contributed by atoms with van der Waals surface area (Å²) in [5.41, 5.74) is 0. The third-order valence-corrected chi connectivity index (χ3v) is 0.211. The topological polar surface area (TPSA) is 185 Å². The highest BCUT2D eigenvalue weighted by Crippen LogP contribution is 1.77. The molecule has 0 rings (SSSR count). The Hall–Kier alpha value is -1.62. The van der Waals surface area contributed by atoms with Gasteiger partial charge in [-0.1, -0.05) is 0 Å². The first kappa shape index (κ1) is 29.5. The summed E-state index contributed by atoms with van der Waals surface area (Å²) in [6.45, 7) is 3.50. The van der Waals surface area contributed by atoms with Crippen LogP contribution >= 0.6 is 0 Å². The summed E-state index contributed by atoms with van der Waals surface area (Å²) in [6.07, 6.45) is -3.73. The monoisotopic (exact) mass is 264 g/mol. The van der Waals surface area contributed by atoms with Crippen molar-refractivity contribution in [1.29, 1.82) is 0 Å². The summed E-state index contributed by atoms with van der Waals surface area (Å²) < 4.78 is 0. The summed E-state index contributed by atoms with van der Waals surface area (Å²) in [6, 6.07) is 0. The summed E-state index contributed by atoms with van der Waals surface area (Å²) in [5, 5.41) is 49.5. The fraction of sp³-hybridized carbons (Fsp3) is 0.714. The van der Waals surface area contributed by atoms with E-state index in [0.717, 1.165) is 14.2 Å². The smallest absolute Gasteiger partial charge is 0.450 e. The van der Waals surface area contributed by atoms with Crippen LogP contribution in [0.3, 0.4) is 0 Å². The third kappa shape index (κ3) is 15300. The van der Waals surface area contributed by atoms with Gasteiger partial charge in [-0.2, -0.15) is 0 Å². The normalized spacial score (nSPS) is 6.35. The van der Waals surface area contributed by atoms with Crippen LogP contribution < -0.4 is 0 Å². The van der Waals surface area contributed by atoms with E-state index in [9.17, 15) is 0 Å². The molecule has 0 unspecified atom stereocenters. The lowest BCUT2D eigenvalue weighted by Crippen LogP contribution is -1.95. The van der Waals surface area contributed by atoms with E-state index in [0.29, 0.717) is 0 Å². The molecule has 0 aliphatic rings. The number of aliphatic hydroxyl groups is 2. The first-order chi connectivity index (χ1) is 7.73. The molecule has 0 heterocycles. The third-order valence-electron chi connectivity index (χ3n) is 0.211. The Labute approximate surface area is 97.9 Å². The van der Waals surface area contributed by atoms with E-state index in [-0.39, 0.29) is 6.10 Å². The molecule has 10 nitrogen and oxygen atoms in total. The van der Waals surface area contributed by atoms with Crippen LogP contribution in [-0.4, -0.2) is 68.5 Å². The molecule has 10 heteroatoms. The highest BCUT2D eigenvalue weighted by molar-refractivity contribution is 5.53. The quantitative estimate of drug-likeness (QED) is 0.260. The minimum atomic E-state index is -1.83. The molecule has 0 bridgehead atoms. The standard InChI is InChI=1S/C3H8O2.2CH2O3.2CH4O/c1-3(2)5-4;2*2-1(3)4;2*1-2/h3-4H,1-2H3;2*(H2,2,3,4);2*2H,1H3. The second-order valence-electron chi connectivity index (χ2n) is 1.72. The van der Waals surface area contributed by atoms with Crippen LogP contribution in [0.2, 0.25) is 0 Å². The molecule has 0 spiro atoms. The molecular weight excluding hydrogens is 244 g/mol. The molecule has 0 radical (unpaired) electrons. The number of hydrogen-bond acceptors (Lipinski definition) is 6. The van der Waals surface area contributed by atoms with Crippen LogP contribution in [0, 0.1) is 0 Å². The van der Waals surface area contributed by atoms with E-state index >= 15 is 0 Å². The number of hydrogen-bond donors (Lipinski definition) is 7. The van der Waals surface area contributed by atoms with E-state index in [1.807, 2.05) is 0 Å². The zero-order valence-electron chi connectivity index (χ0n) is 9.93. The van der Waals surface area contributed by atoms with Gasteiger partial charge in [0.05, 0.1) is 6.10 Å². The van der Waals surface area contributed by atoms with Crippen LogP contribution in [0.5, 0.6) is 0 Å². The number of carboxylic acid groups (broad SMARTS) is 4. The van der Waals surface area contributed by atoms with Gasteiger partial charge in [-0.15, -0.1) is 0 Å². The van der Waals surface area contributed by atoms with Gasteiger partial charge in [-0.25, -0.2) is 14.5 Å². The Morgan fingerprint density at radius 2 is 0.882 bits per heavy atom. The summed E-state index contributed by atoms with van der Waals surface area (Å²) in [5.74, 6) is 0. The highest BCUT2D eigenvalue weighted by Gasteiger charge is 1.81. The minimum Gasteiger partial charge on any atom is -0.450 e. The summed E-state index contributed by atoms with van der Waals surface area (Å²) >= 11 is 0. The van der Waals surface area contributed by atoms with Gasteiger partial charge >= 0.3 is 12.3 Å². The van der Waals surface area contributed by atoms with Crippen LogP contribution in [-0.2, 0) is 4.89 Å². The van der Waals surface area contributed by atoms with Gasteiger partial charge < -0.3 is 30.6 Å². The summed E-state index contributed by atoms with van der Waals surface area (Å²) in [4.78, 5) is 20.9. The SMILES string of the molecule is CC(C)OO.CO.CO.O=C(O)O.O=C(O)O. The maximum Gasteiger partial charge on any atom is 0.503 e. The molecule has 0 amide bonds. The fourth-order valence-electron chi connectivity index (χ4n) is 0. The van der Waals surface area contributed by atoms with Crippen LogP contribution in [0.25, 0.3) is 0 Å².